The predicted octanol–water partition coefficient (Wildman–Crippen LogP) is -2.13. The summed E-state index contributed by atoms with van der Waals surface area (Å²) < 4.78 is 1.27. The molecule has 0 aliphatic carbocycles. The van der Waals surface area contributed by atoms with E-state index in [-0.39, 0.29) is 29.9 Å². The summed E-state index contributed by atoms with van der Waals surface area (Å²) in [6, 6.07) is 0. The molecular formula is C7H9N5O3. The smallest absolute Gasteiger partial charge is 0.280 e. The normalized spacial score (nSPS) is 13.2. The third kappa shape index (κ3) is 1.72. The molecule has 0 spiro atoms. The number of fused-ring (bicyclic) bond motifs is 1. The second-order valence-electron chi connectivity index (χ2n) is 3.01. The zero-order valence-electron chi connectivity index (χ0n) is 7.66. The molecule has 0 saturated carbocycles. The van der Waals surface area contributed by atoms with Gasteiger partial charge < -0.3 is 15.2 Å². The van der Waals surface area contributed by atoms with Gasteiger partial charge in [0.1, 0.15) is 0 Å². The minimum Gasteiger partial charge on any atom is -0.394 e. The van der Waals surface area contributed by atoms with Crippen LogP contribution < -0.4 is 5.56 Å². The second-order valence-corrected chi connectivity index (χ2v) is 3.01. The molecule has 1 atom stereocenters. The Hall–Kier alpha value is -1.80. The van der Waals surface area contributed by atoms with Gasteiger partial charge in [0.15, 0.2) is 11.2 Å². The maximum Gasteiger partial charge on any atom is 0.280 e. The second kappa shape index (κ2) is 3.75. The lowest BCUT2D eigenvalue weighted by molar-refractivity contribution is 0.0787. The van der Waals surface area contributed by atoms with Crippen LogP contribution in [-0.2, 0) is 6.54 Å². The number of aliphatic hydroxyl groups excluding tert-OH is 2. The third-order valence-corrected chi connectivity index (χ3v) is 1.90. The summed E-state index contributed by atoms with van der Waals surface area (Å²) >= 11 is 0. The lowest BCUT2D eigenvalue weighted by atomic mass is 10.4. The van der Waals surface area contributed by atoms with Crippen LogP contribution in [0.3, 0.4) is 0 Å². The Kier molecular flexibility index (Phi) is 2.44. The molecule has 0 bridgehead atoms. The number of aromatic amines is 1. The molecule has 0 amide bonds. The molecule has 80 valence electrons. The van der Waals surface area contributed by atoms with Crippen LogP contribution in [0.25, 0.3) is 11.2 Å². The Balaban J connectivity index is 2.45. The van der Waals surface area contributed by atoms with Crippen molar-refractivity contribution in [1.29, 1.82) is 0 Å². The average molecular weight is 211 g/mol. The van der Waals surface area contributed by atoms with Gasteiger partial charge in [-0.2, -0.15) is 0 Å². The highest BCUT2D eigenvalue weighted by Gasteiger charge is 2.11. The van der Waals surface area contributed by atoms with E-state index in [9.17, 15) is 9.90 Å². The summed E-state index contributed by atoms with van der Waals surface area (Å²) in [6.45, 7) is -0.339. The summed E-state index contributed by atoms with van der Waals surface area (Å²) in [5, 5.41) is 25.1. The first kappa shape index (κ1) is 9.74. The first-order valence-corrected chi connectivity index (χ1v) is 4.28. The van der Waals surface area contributed by atoms with E-state index in [1.165, 1.54) is 11.0 Å². The van der Waals surface area contributed by atoms with Crippen LogP contribution >= 0.6 is 0 Å². The minimum atomic E-state index is -0.948. The number of aliphatic hydroxyl groups is 2. The Morgan fingerprint density at radius 1 is 1.60 bits per heavy atom. The molecular weight excluding hydrogens is 202 g/mol. The standard InChI is InChI=1S/C7H9N5O3/c13-2-4(14)1-12-6-5(10-11-12)7(15)9-3-8-6/h3-4,13-14H,1-2H2,(H,8,9,15). The number of nitrogens with one attached hydrogen (secondary N) is 1. The van der Waals surface area contributed by atoms with Gasteiger partial charge >= 0.3 is 0 Å². The predicted molar refractivity (Wildman–Crippen MR) is 49.0 cm³/mol. The Bertz CT molecular complexity index is 519. The molecule has 8 heteroatoms. The number of nitrogens with zero attached hydrogens (tertiary/aromatic N) is 4. The van der Waals surface area contributed by atoms with Crippen molar-refractivity contribution in [2.45, 2.75) is 12.6 Å². The molecule has 3 N–H and O–H groups in total. The van der Waals surface area contributed by atoms with E-state index in [0.717, 1.165) is 0 Å². The van der Waals surface area contributed by atoms with E-state index < -0.39 is 6.10 Å². The fourth-order valence-electron chi connectivity index (χ4n) is 1.18. The molecule has 2 rings (SSSR count). The van der Waals surface area contributed by atoms with Crippen molar-refractivity contribution < 1.29 is 10.2 Å². The summed E-state index contributed by atoms with van der Waals surface area (Å²) in [5.74, 6) is 0. The van der Waals surface area contributed by atoms with E-state index in [1.807, 2.05) is 0 Å². The van der Waals surface area contributed by atoms with Crippen LogP contribution in [0.1, 0.15) is 0 Å². The zero-order chi connectivity index (χ0) is 10.8. The highest BCUT2D eigenvalue weighted by atomic mass is 16.3. The number of hydrogen-bond acceptors (Lipinski definition) is 6. The molecule has 2 aromatic rings. The summed E-state index contributed by atoms with van der Waals surface area (Å²) in [5.41, 5.74) is 0.0126. The third-order valence-electron chi connectivity index (χ3n) is 1.90. The molecule has 0 aliphatic rings. The average Bonchev–Trinajstić information content (AvgIpc) is 2.63. The molecule has 2 aromatic heterocycles. The zero-order valence-corrected chi connectivity index (χ0v) is 7.66. The van der Waals surface area contributed by atoms with Crippen LogP contribution in [0.2, 0.25) is 0 Å². The molecule has 0 radical (unpaired) electrons. The van der Waals surface area contributed by atoms with Gasteiger partial charge in [-0.15, -0.1) is 5.10 Å². The van der Waals surface area contributed by atoms with Crippen LogP contribution in [-0.4, -0.2) is 47.9 Å². The SMILES string of the molecule is O=c1[nH]cnc2c1nnn2CC(O)CO. The highest BCUT2D eigenvalue weighted by Crippen LogP contribution is 2.01. The molecule has 0 aromatic carbocycles. The number of hydrogen-bond donors (Lipinski definition) is 3. The lowest BCUT2D eigenvalue weighted by Gasteiger charge is -2.05. The van der Waals surface area contributed by atoms with Crippen molar-refractivity contribution in [1.82, 2.24) is 25.0 Å². The van der Waals surface area contributed by atoms with E-state index >= 15 is 0 Å². The molecule has 2 heterocycles. The van der Waals surface area contributed by atoms with Crippen molar-refractivity contribution in [3.63, 3.8) is 0 Å². The topological polar surface area (TPSA) is 117 Å². The summed E-state index contributed by atoms with van der Waals surface area (Å²) in [7, 11) is 0. The number of aromatic nitrogens is 5. The fourth-order valence-corrected chi connectivity index (χ4v) is 1.18. The number of H-pyrrole nitrogens is 1. The minimum absolute atomic E-state index is 0.0451. The first-order valence-electron chi connectivity index (χ1n) is 4.28. The van der Waals surface area contributed by atoms with Gasteiger partial charge in [0.2, 0.25) is 0 Å². The Morgan fingerprint density at radius 2 is 2.40 bits per heavy atom. The van der Waals surface area contributed by atoms with Crippen LogP contribution in [0.5, 0.6) is 0 Å². The largest absolute Gasteiger partial charge is 0.394 e. The van der Waals surface area contributed by atoms with Gasteiger partial charge in [-0.3, -0.25) is 4.79 Å². The molecule has 1 unspecified atom stereocenters. The molecule has 8 nitrogen and oxygen atoms in total. The van der Waals surface area contributed by atoms with E-state index in [0.29, 0.717) is 0 Å². The van der Waals surface area contributed by atoms with E-state index in [4.69, 9.17) is 5.11 Å². The van der Waals surface area contributed by atoms with Gasteiger partial charge in [-0.25, -0.2) is 9.67 Å². The maximum atomic E-state index is 11.2. The lowest BCUT2D eigenvalue weighted by Crippen LogP contribution is -2.21. The highest BCUT2D eigenvalue weighted by molar-refractivity contribution is 5.67. The van der Waals surface area contributed by atoms with Gasteiger partial charge in [0.25, 0.3) is 5.56 Å². The fraction of sp³-hybridized carbons (Fsp3) is 0.429. The molecule has 0 fully saturated rings. The molecule has 15 heavy (non-hydrogen) atoms. The van der Waals surface area contributed by atoms with Crippen LogP contribution in [0, 0.1) is 0 Å². The number of rotatable bonds is 3. The molecule has 0 aliphatic heterocycles. The van der Waals surface area contributed by atoms with E-state index in [2.05, 4.69) is 20.3 Å². The van der Waals surface area contributed by atoms with Crippen LogP contribution in [0.4, 0.5) is 0 Å². The summed E-state index contributed by atoms with van der Waals surface area (Å²) in [4.78, 5) is 17.5. The van der Waals surface area contributed by atoms with Gasteiger partial charge in [-0.05, 0) is 0 Å². The Morgan fingerprint density at radius 3 is 3.13 bits per heavy atom. The first-order chi connectivity index (χ1) is 7.22. The van der Waals surface area contributed by atoms with Gasteiger partial charge in [0.05, 0.1) is 25.6 Å². The van der Waals surface area contributed by atoms with Crippen molar-refractivity contribution in [2.24, 2.45) is 0 Å². The quantitative estimate of drug-likeness (QED) is 0.533. The van der Waals surface area contributed by atoms with Crippen molar-refractivity contribution >= 4 is 11.2 Å². The van der Waals surface area contributed by atoms with E-state index in [1.54, 1.807) is 0 Å². The Labute approximate surface area is 83.2 Å². The van der Waals surface area contributed by atoms with Crippen LogP contribution in [0.15, 0.2) is 11.1 Å². The van der Waals surface area contributed by atoms with Crippen molar-refractivity contribution in [2.75, 3.05) is 6.61 Å². The monoisotopic (exact) mass is 211 g/mol. The summed E-state index contributed by atoms with van der Waals surface area (Å²) in [6.07, 6.45) is 0.284. The van der Waals surface area contributed by atoms with Crippen molar-refractivity contribution in [3.05, 3.63) is 16.7 Å². The van der Waals surface area contributed by atoms with Crippen molar-refractivity contribution in [3.8, 4) is 0 Å². The molecule has 0 saturated heterocycles. The van der Waals surface area contributed by atoms with Gasteiger partial charge in [-0.1, -0.05) is 5.21 Å². The van der Waals surface area contributed by atoms with Gasteiger partial charge in [0, 0.05) is 0 Å². The maximum absolute atomic E-state index is 11.2.